The molecule has 2 amide bonds. The Morgan fingerprint density at radius 2 is 1.92 bits per heavy atom. The molecule has 0 aliphatic rings. The second kappa shape index (κ2) is 8.63. The van der Waals surface area contributed by atoms with Crippen molar-refractivity contribution in [3.05, 3.63) is 71.0 Å². The van der Waals surface area contributed by atoms with Gasteiger partial charge in [0.15, 0.2) is 6.61 Å². The van der Waals surface area contributed by atoms with Crippen LogP contribution in [-0.4, -0.2) is 18.4 Å². The van der Waals surface area contributed by atoms with Gasteiger partial charge in [0, 0.05) is 12.6 Å². The Bertz CT molecular complexity index is 786. The fourth-order valence-electron chi connectivity index (χ4n) is 2.00. The molecule has 0 radical (unpaired) electrons. The number of halogens is 1. The second-order valence-electron chi connectivity index (χ2n) is 5.46. The zero-order chi connectivity index (χ0) is 18.2. The molecule has 3 N–H and O–H groups in total. The van der Waals surface area contributed by atoms with E-state index in [1.54, 1.807) is 49.4 Å². The molecule has 0 spiro atoms. The summed E-state index contributed by atoms with van der Waals surface area (Å²) < 4.78 is 18.6. The van der Waals surface area contributed by atoms with Gasteiger partial charge in [0.25, 0.3) is 5.91 Å². The molecule has 2 rings (SSSR count). The summed E-state index contributed by atoms with van der Waals surface area (Å²) in [4.78, 5) is 22.5. The number of aryl methyl sites for hydroxylation is 1. The van der Waals surface area contributed by atoms with Crippen molar-refractivity contribution >= 4 is 17.9 Å². The van der Waals surface area contributed by atoms with Gasteiger partial charge in [-0.2, -0.15) is 0 Å². The first kappa shape index (κ1) is 18.2. The van der Waals surface area contributed by atoms with Crippen molar-refractivity contribution in [1.29, 1.82) is 0 Å². The highest BCUT2D eigenvalue weighted by Crippen LogP contribution is 2.13. The predicted molar refractivity (Wildman–Crippen MR) is 93.1 cm³/mol. The second-order valence-corrected chi connectivity index (χ2v) is 5.46. The first-order valence-electron chi connectivity index (χ1n) is 7.66. The first-order valence-corrected chi connectivity index (χ1v) is 7.66. The standard InChI is InChI=1S/C19H19FN2O3/c1-13-2-3-15(10-17(13)20)11-22-19(24)9-6-14-4-7-16(8-5-14)25-12-18(21)23/h2-10H,11-12H2,1H3,(H2,21,23)(H,22,24)/b9-6+. The van der Waals surface area contributed by atoms with Gasteiger partial charge < -0.3 is 15.8 Å². The van der Waals surface area contributed by atoms with Crippen molar-refractivity contribution < 1.29 is 18.7 Å². The lowest BCUT2D eigenvalue weighted by atomic mass is 10.1. The summed E-state index contributed by atoms with van der Waals surface area (Å²) in [5.74, 6) is -0.605. The van der Waals surface area contributed by atoms with Crippen LogP contribution in [0.15, 0.2) is 48.5 Å². The molecule has 25 heavy (non-hydrogen) atoms. The Morgan fingerprint density at radius 1 is 1.20 bits per heavy atom. The van der Waals surface area contributed by atoms with E-state index in [1.807, 2.05) is 0 Å². The van der Waals surface area contributed by atoms with Crippen molar-refractivity contribution in [2.45, 2.75) is 13.5 Å². The highest BCUT2D eigenvalue weighted by atomic mass is 19.1. The third-order valence-electron chi connectivity index (χ3n) is 3.39. The van der Waals surface area contributed by atoms with E-state index in [9.17, 15) is 14.0 Å². The summed E-state index contributed by atoms with van der Waals surface area (Å²) in [6, 6.07) is 11.7. The Labute approximate surface area is 145 Å². The smallest absolute Gasteiger partial charge is 0.255 e. The summed E-state index contributed by atoms with van der Waals surface area (Å²) >= 11 is 0. The average Bonchev–Trinajstić information content (AvgIpc) is 2.60. The molecular formula is C19H19FN2O3. The molecule has 0 unspecified atom stereocenters. The van der Waals surface area contributed by atoms with Crippen LogP contribution in [0, 0.1) is 12.7 Å². The Kier molecular flexibility index (Phi) is 6.28. The lowest BCUT2D eigenvalue weighted by molar-refractivity contribution is -0.120. The number of benzene rings is 2. The fourth-order valence-corrected chi connectivity index (χ4v) is 2.00. The minimum Gasteiger partial charge on any atom is -0.484 e. The number of carbonyl (C=O) groups is 2. The molecule has 0 atom stereocenters. The first-order chi connectivity index (χ1) is 11.9. The van der Waals surface area contributed by atoms with Crippen molar-refractivity contribution in [1.82, 2.24) is 5.32 Å². The van der Waals surface area contributed by atoms with Gasteiger partial charge in [-0.05, 0) is 47.9 Å². The maximum absolute atomic E-state index is 13.4. The lowest BCUT2D eigenvalue weighted by Crippen LogP contribution is -2.20. The van der Waals surface area contributed by atoms with Gasteiger partial charge in [-0.15, -0.1) is 0 Å². The van der Waals surface area contributed by atoms with Crippen LogP contribution in [0.3, 0.4) is 0 Å². The average molecular weight is 342 g/mol. The molecule has 6 heteroatoms. The number of carbonyl (C=O) groups excluding carboxylic acids is 2. The third kappa shape index (κ3) is 6.10. The topological polar surface area (TPSA) is 81.4 Å². The number of rotatable bonds is 7. The molecule has 5 nitrogen and oxygen atoms in total. The van der Waals surface area contributed by atoms with Crippen molar-refractivity contribution in [2.75, 3.05) is 6.61 Å². The van der Waals surface area contributed by atoms with Gasteiger partial charge in [0.2, 0.25) is 5.91 Å². The Hall–Kier alpha value is -3.15. The number of hydrogen-bond donors (Lipinski definition) is 2. The molecule has 2 aromatic carbocycles. The van der Waals surface area contributed by atoms with E-state index in [-0.39, 0.29) is 24.9 Å². The van der Waals surface area contributed by atoms with E-state index in [1.165, 1.54) is 12.1 Å². The van der Waals surface area contributed by atoms with Crippen LogP contribution >= 0.6 is 0 Å². The van der Waals surface area contributed by atoms with Crippen LogP contribution in [0.4, 0.5) is 4.39 Å². The van der Waals surface area contributed by atoms with Crippen LogP contribution in [0.1, 0.15) is 16.7 Å². The normalized spacial score (nSPS) is 10.6. The molecule has 0 saturated heterocycles. The molecule has 0 heterocycles. The fraction of sp³-hybridized carbons (Fsp3) is 0.158. The van der Waals surface area contributed by atoms with Crippen LogP contribution in [-0.2, 0) is 16.1 Å². The van der Waals surface area contributed by atoms with Gasteiger partial charge in [-0.3, -0.25) is 9.59 Å². The van der Waals surface area contributed by atoms with Gasteiger partial charge in [-0.1, -0.05) is 24.3 Å². The summed E-state index contributed by atoms with van der Waals surface area (Å²) in [6.07, 6.45) is 3.03. The van der Waals surface area contributed by atoms with E-state index in [0.29, 0.717) is 16.9 Å². The number of nitrogens with two attached hydrogens (primary N) is 1. The molecular weight excluding hydrogens is 323 g/mol. The largest absolute Gasteiger partial charge is 0.484 e. The summed E-state index contributed by atoms with van der Waals surface area (Å²) in [5, 5.41) is 2.69. The molecule has 130 valence electrons. The summed E-state index contributed by atoms with van der Waals surface area (Å²) in [5.41, 5.74) is 7.05. The highest BCUT2D eigenvalue weighted by molar-refractivity contribution is 5.91. The minimum atomic E-state index is -0.547. The quantitative estimate of drug-likeness (QED) is 0.758. The number of ether oxygens (including phenoxy) is 1. The monoisotopic (exact) mass is 342 g/mol. The number of primary amides is 1. The van der Waals surface area contributed by atoms with E-state index in [0.717, 1.165) is 5.56 Å². The van der Waals surface area contributed by atoms with Crippen LogP contribution in [0.5, 0.6) is 5.75 Å². The maximum atomic E-state index is 13.4. The molecule has 0 aliphatic carbocycles. The molecule has 0 fully saturated rings. The number of amides is 2. The van der Waals surface area contributed by atoms with Crippen LogP contribution in [0.25, 0.3) is 6.08 Å². The van der Waals surface area contributed by atoms with E-state index in [2.05, 4.69) is 5.32 Å². The summed E-state index contributed by atoms with van der Waals surface area (Å²) in [7, 11) is 0. The van der Waals surface area contributed by atoms with Gasteiger partial charge in [-0.25, -0.2) is 4.39 Å². The number of hydrogen-bond acceptors (Lipinski definition) is 3. The molecule has 2 aromatic rings. The zero-order valence-corrected chi connectivity index (χ0v) is 13.8. The molecule has 0 bridgehead atoms. The molecule has 0 saturated carbocycles. The Balaban J connectivity index is 1.84. The number of nitrogens with one attached hydrogen (secondary N) is 1. The summed E-state index contributed by atoms with van der Waals surface area (Å²) in [6.45, 7) is 1.75. The van der Waals surface area contributed by atoms with Crippen LogP contribution in [0.2, 0.25) is 0 Å². The lowest BCUT2D eigenvalue weighted by Gasteiger charge is -2.05. The van der Waals surface area contributed by atoms with Crippen molar-refractivity contribution in [2.24, 2.45) is 5.73 Å². The van der Waals surface area contributed by atoms with Crippen molar-refractivity contribution in [3.8, 4) is 5.75 Å². The maximum Gasteiger partial charge on any atom is 0.255 e. The SMILES string of the molecule is Cc1ccc(CNC(=O)/C=C/c2ccc(OCC(N)=O)cc2)cc1F. The Morgan fingerprint density at radius 3 is 2.56 bits per heavy atom. The van der Waals surface area contributed by atoms with Gasteiger partial charge in [0.05, 0.1) is 0 Å². The molecule has 0 aliphatic heterocycles. The third-order valence-corrected chi connectivity index (χ3v) is 3.39. The highest BCUT2D eigenvalue weighted by Gasteiger charge is 2.01. The van der Waals surface area contributed by atoms with E-state index >= 15 is 0 Å². The van der Waals surface area contributed by atoms with Crippen molar-refractivity contribution in [3.63, 3.8) is 0 Å². The molecule has 0 aromatic heterocycles. The van der Waals surface area contributed by atoms with Gasteiger partial charge in [0.1, 0.15) is 11.6 Å². The predicted octanol–water partition coefficient (Wildman–Crippen LogP) is 2.33. The van der Waals surface area contributed by atoms with Gasteiger partial charge >= 0.3 is 0 Å². The minimum absolute atomic E-state index is 0.183. The zero-order valence-electron chi connectivity index (χ0n) is 13.8. The van der Waals surface area contributed by atoms with E-state index in [4.69, 9.17) is 10.5 Å². The van der Waals surface area contributed by atoms with Crippen LogP contribution < -0.4 is 15.8 Å². The van der Waals surface area contributed by atoms with E-state index < -0.39 is 5.91 Å².